The highest BCUT2D eigenvalue weighted by Crippen LogP contribution is 2.36. The summed E-state index contributed by atoms with van der Waals surface area (Å²) >= 11 is 0. The molecule has 2 aromatic carbocycles. The van der Waals surface area contributed by atoms with Crippen molar-refractivity contribution in [3.63, 3.8) is 0 Å². The van der Waals surface area contributed by atoms with Crippen LogP contribution < -0.4 is 14.5 Å². The second kappa shape index (κ2) is 11.7. The predicted octanol–water partition coefficient (Wildman–Crippen LogP) is 3.60. The zero-order valence-electron chi connectivity index (χ0n) is 23.2. The number of carbonyl (C=O) groups is 1. The van der Waals surface area contributed by atoms with E-state index < -0.39 is 0 Å². The maximum Gasteiger partial charge on any atom is 0.318 e. The normalized spacial score (nSPS) is 20.2. The van der Waals surface area contributed by atoms with Gasteiger partial charge in [0.2, 0.25) is 0 Å². The van der Waals surface area contributed by atoms with Crippen LogP contribution in [0.2, 0.25) is 0 Å². The van der Waals surface area contributed by atoms with Gasteiger partial charge in [-0.25, -0.2) is 0 Å². The molecule has 210 valence electrons. The first kappa shape index (κ1) is 26.4. The molecule has 3 aliphatic rings. The Morgan fingerprint density at radius 3 is 2.70 bits per heavy atom. The average Bonchev–Trinajstić information content (AvgIpc) is 2.98. The van der Waals surface area contributed by atoms with Crippen LogP contribution in [0.4, 0.5) is 11.5 Å². The number of hydrogen-bond acceptors (Lipinski definition) is 9. The van der Waals surface area contributed by atoms with E-state index in [-0.39, 0.29) is 5.75 Å². The maximum absolute atomic E-state index is 10.8. The van der Waals surface area contributed by atoms with Crippen molar-refractivity contribution in [2.24, 2.45) is 0 Å². The lowest BCUT2D eigenvalue weighted by Crippen LogP contribution is -2.45. The topological polar surface area (TPSA) is 85.3 Å². The van der Waals surface area contributed by atoms with E-state index in [9.17, 15) is 9.90 Å². The quantitative estimate of drug-likeness (QED) is 0.356. The van der Waals surface area contributed by atoms with E-state index in [4.69, 9.17) is 14.7 Å². The van der Waals surface area contributed by atoms with Crippen LogP contribution in [0.3, 0.4) is 0 Å². The molecule has 0 aliphatic carbocycles. The van der Waals surface area contributed by atoms with E-state index >= 15 is 0 Å². The van der Waals surface area contributed by atoms with Crippen LogP contribution in [0.5, 0.6) is 11.8 Å². The van der Waals surface area contributed by atoms with Crippen molar-refractivity contribution >= 4 is 28.6 Å². The molecule has 0 radical (unpaired) electrons. The lowest BCUT2D eigenvalue weighted by atomic mass is 10.0. The Bertz CT molecular complexity index is 1390. The molecule has 1 atom stereocenters. The molecule has 3 aliphatic heterocycles. The number of phenolic OH excluding ortho intramolecular Hbond substituents is 1. The second-order valence-corrected chi connectivity index (χ2v) is 11.1. The minimum atomic E-state index is 0.269. The first-order valence-electron chi connectivity index (χ1n) is 14.4. The third kappa shape index (κ3) is 5.56. The zero-order chi connectivity index (χ0) is 27.5. The highest BCUT2D eigenvalue weighted by molar-refractivity contribution is 5.95. The fourth-order valence-corrected chi connectivity index (χ4v) is 6.22. The van der Waals surface area contributed by atoms with Crippen molar-refractivity contribution in [2.75, 3.05) is 62.7 Å². The van der Waals surface area contributed by atoms with Gasteiger partial charge in [0.25, 0.3) is 0 Å². The minimum Gasteiger partial charge on any atom is -0.508 e. The Morgan fingerprint density at radius 1 is 1.02 bits per heavy atom. The molecule has 0 unspecified atom stereocenters. The molecule has 9 heteroatoms. The van der Waals surface area contributed by atoms with Gasteiger partial charge in [-0.1, -0.05) is 30.7 Å². The molecule has 0 bridgehead atoms. The van der Waals surface area contributed by atoms with Crippen LogP contribution in [-0.2, 0) is 17.8 Å². The molecule has 9 nitrogen and oxygen atoms in total. The smallest absolute Gasteiger partial charge is 0.318 e. The Morgan fingerprint density at radius 2 is 1.88 bits per heavy atom. The van der Waals surface area contributed by atoms with Crippen molar-refractivity contribution < 1.29 is 14.6 Å². The van der Waals surface area contributed by atoms with Gasteiger partial charge in [-0.2, -0.15) is 9.97 Å². The number of anilines is 2. The number of carbonyl (C=O) groups excluding carboxylic acids is 1. The van der Waals surface area contributed by atoms with Crippen molar-refractivity contribution in [2.45, 2.75) is 38.3 Å². The van der Waals surface area contributed by atoms with E-state index in [2.05, 4.69) is 32.7 Å². The Balaban J connectivity index is 1.30. The average molecular weight is 543 g/mol. The summed E-state index contributed by atoms with van der Waals surface area (Å²) in [5.74, 6) is 1.24. The molecule has 1 N–H and O–H groups in total. The summed E-state index contributed by atoms with van der Waals surface area (Å²) in [7, 11) is 2.17. The van der Waals surface area contributed by atoms with Crippen LogP contribution in [0.15, 0.2) is 48.7 Å². The van der Waals surface area contributed by atoms with Crippen LogP contribution in [0.1, 0.15) is 30.5 Å². The van der Waals surface area contributed by atoms with Gasteiger partial charge in [-0.05, 0) is 50.4 Å². The standard InChI is InChI=1S/C31H38N6O3/c1-34-11-5-4-8-24(34)22-40-31-32-28-21-37(29-20-25(39)19-23-7-2-3-9-26(23)29)13-10-27(28)30(33-31)36-16-14-35(15-17-36)12-6-18-38/h2-3,6-7,9,12,18-20,24,39H,4-5,8,10-11,13-17,21-22H2,1H3/t24-/m0/s1. The van der Waals surface area contributed by atoms with Crippen molar-refractivity contribution in [1.82, 2.24) is 19.8 Å². The number of fused-ring (bicyclic) bond motifs is 2. The van der Waals surface area contributed by atoms with Gasteiger partial charge >= 0.3 is 6.01 Å². The molecule has 6 rings (SSSR count). The first-order valence-corrected chi connectivity index (χ1v) is 14.4. The van der Waals surface area contributed by atoms with Gasteiger partial charge in [-0.3, -0.25) is 4.79 Å². The van der Waals surface area contributed by atoms with Gasteiger partial charge in [0.05, 0.1) is 12.2 Å². The first-order chi connectivity index (χ1) is 19.6. The molecule has 0 spiro atoms. The molecule has 2 fully saturated rings. The number of piperazine rings is 1. The molecule has 40 heavy (non-hydrogen) atoms. The summed E-state index contributed by atoms with van der Waals surface area (Å²) in [6, 6.07) is 12.7. The highest BCUT2D eigenvalue weighted by Gasteiger charge is 2.29. The molecular formula is C31H38N6O3. The molecule has 1 aromatic heterocycles. The number of aldehydes is 1. The number of phenols is 1. The molecular weight excluding hydrogens is 504 g/mol. The van der Waals surface area contributed by atoms with E-state index in [1.807, 2.05) is 36.5 Å². The number of hydrogen-bond donors (Lipinski definition) is 1. The fraction of sp³-hybridized carbons (Fsp3) is 0.452. The number of piperidine rings is 1. The largest absolute Gasteiger partial charge is 0.508 e. The van der Waals surface area contributed by atoms with Gasteiger partial charge < -0.3 is 29.4 Å². The Hall–Kier alpha value is -3.85. The SMILES string of the molecule is CN1CCCC[C@H]1COc1nc2c(c(N3CCN(C=CC=O)CC3)n1)CCN(c1cc(O)cc3ccccc13)C2. The molecule has 3 aromatic rings. The zero-order valence-corrected chi connectivity index (χ0v) is 23.2. The summed E-state index contributed by atoms with van der Waals surface area (Å²) < 4.78 is 6.31. The predicted molar refractivity (Wildman–Crippen MR) is 157 cm³/mol. The second-order valence-electron chi connectivity index (χ2n) is 11.1. The number of nitrogens with zero attached hydrogens (tertiary/aromatic N) is 6. The molecule has 4 heterocycles. The van der Waals surface area contributed by atoms with E-state index in [0.29, 0.717) is 25.2 Å². The fourth-order valence-electron chi connectivity index (χ4n) is 6.22. The maximum atomic E-state index is 10.8. The molecule has 0 saturated carbocycles. The van der Waals surface area contributed by atoms with Gasteiger partial charge in [0.15, 0.2) is 0 Å². The van der Waals surface area contributed by atoms with E-state index in [0.717, 1.165) is 86.4 Å². The Kier molecular flexibility index (Phi) is 7.73. The number of aromatic nitrogens is 2. The van der Waals surface area contributed by atoms with Crippen molar-refractivity contribution in [3.05, 3.63) is 59.9 Å². The number of likely N-dealkylation sites (N-methyl/N-ethyl adjacent to an activating group) is 1. The number of ether oxygens (including phenoxy) is 1. The minimum absolute atomic E-state index is 0.269. The van der Waals surface area contributed by atoms with Gasteiger partial charge in [-0.15, -0.1) is 0 Å². The molecule has 2 saturated heterocycles. The monoisotopic (exact) mass is 542 g/mol. The highest BCUT2D eigenvalue weighted by atomic mass is 16.5. The third-order valence-corrected chi connectivity index (χ3v) is 8.50. The Labute approximate surface area is 235 Å². The summed E-state index contributed by atoms with van der Waals surface area (Å²) in [6.45, 7) is 6.41. The summed E-state index contributed by atoms with van der Waals surface area (Å²) in [5.41, 5.74) is 3.18. The lowest BCUT2D eigenvalue weighted by Gasteiger charge is -2.38. The van der Waals surface area contributed by atoms with Gasteiger partial charge in [0, 0.05) is 67.7 Å². The van der Waals surface area contributed by atoms with Crippen molar-refractivity contribution in [3.8, 4) is 11.8 Å². The van der Waals surface area contributed by atoms with Crippen LogP contribution in [0.25, 0.3) is 10.8 Å². The van der Waals surface area contributed by atoms with Gasteiger partial charge in [0.1, 0.15) is 24.5 Å². The third-order valence-electron chi connectivity index (χ3n) is 8.50. The lowest BCUT2D eigenvalue weighted by molar-refractivity contribution is -0.104. The van der Waals surface area contributed by atoms with Crippen LogP contribution in [-0.4, -0.2) is 90.1 Å². The summed E-state index contributed by atoms with van der Waals surface area (Å²) in [4.78, 5) is 29.9. The van der Waals surface area contributed by atoms with E-state index in [1.54, 1.807) is 6.08 Å². The number of rotatable bonds is 7. The van der Waals surface area contributed by atoms with Crippen LogP contribution in [0, 0.1) is 0 Å². The number of benzene rings is 2. The molecule has 0 amide bonds. The summed E-state index contributed by atoms with van der Waals surface area (Å²) in [5, 5.41) is 12.6. The van der Waals surface area contributed by atoms with E-state index in [1.165, 1.54) is 18.4 Å². The number of aromatic hydroxyl groups is 1. The van der Waals surface area contributed by atoms with Crippen molar-refractivity contribution in [1.29, 1.82) is 0 Å². The van der Waals surface area contributed by atoms with Crippen LogP contribution >= 0.6 is 0 Å². The number of allylic oxidation sites excluding steroid dienone is 1. The summed E-state index contributed by atoms with van der Waals surface area (Å²) in [6.07, 6.45) is 8.64. The number of likely N-dealkylation sites (tertiary alicyclic amines) is 1.